The van der Waals surface area contributed by atoms with Gasteiger partial charge in [-0.15, -0.1) is 0 Å². The average Bonchev–Trinajstić information content (AvgIpc) is 2.17. The molecule has 12 heavy (non-hydrogen) atoms. The Morgan fingerprint density at radius 2 is 2.42 bits per heavy atom. The minimum atomic E-state index is -0.505. The highest BCUT2D eigenvalue weighted by Gasteiger charge is 2.24. The number of methoxy groups -OCH3 is 2. The van der Waals surface area contributed by atoms with E-state index in [1.54, 1.807) is 6.08 Å². The van der Waals surface area contributed by atoms with Crippen LogP contribution in [0.1, 0.15) is 12.8 Å². The third-order valence-corrected chi connectivity index (χ3v) is 1.66. The van der Waals surface area contributed by atoms with Crippen molar-refractivity contribution in [3.05, 3.63) is 12.0 Å². The Balaban J connectivity index is 2.51. The summed E-state index contributed by atoms with van der Waals surface area (Å²) in [5, 5.41) is 0. The monoisotopic (exact) mass is 172 g/mol. The van der Waals surface area contributed by atoms with Gasteiger partial charge in [-0.1, -0.05) is 0 Å². The Morgan fingerprint density at radius 3 is 3.00 bits per heavy atom. The topological polar surface area (TPSA) is 44.8 Å². The van der Waals surface area contributed by atoms with Crippen molar-refractivity contribution in [1.82, 2.24) is 0 Å². The molecule has 1 aliphatic heterocycles. The molecule has 0 aromatic carbocycles. The zero-order valence-corrected chi connectivity index (χ0v) is 7.20. The van der Waals surface area contributed by atoms with Gasteiger partial charge < -0.3 is 14.2 Å². The molecule has 0 aromatic rings. The second-order valence-corrected chi connectivity index (χ2v) is 2.43. The minimum Gasteiger partial charge on any atom is -0.469 e. The molecule has 1 heterocycles. The molecule has 0 fully saturated rings. The number of allylic oxidation sites excluding steroid dienone is 1. The van der Waals surface area contributed by atoms with Gasteiger partial charge in [0.25, 0.3) is 5.95 Å². The van der Waals surface area contributed by atoms with Crippen molar-refractivity contribution < 1.29 is 19.0 Å². The molecule has 0 bridgehead atoms. The van der Waals surface area contributed by atoms with Crippen molar-refractivity contribution in [3.63, 3.8) is 0 Å². The van der Waals surface area contributed by atoms with Crippen molar-refractivity contribution in [2.24, 2.45) is 0 Å². The van der Waals surface area contributed by atoms with Crippen molar-refractivity contribution in [3.8, 4) is 0 Å². The van der Waals surface area contributed by atoms with Crippen LogP contribution in [0.15, 0.2) is 12.0 Å². The Hall–Kier alpha value is -1.19. The minimum absolute atomic E-state index is 0.349. The van der Waals surface area contributed by atoms with Gasteiger partial charge in [-0.05, 0) is 18.9 Å². The highest BCUT2D eigenvalue weighted by atomic mass is 16.7. The second kappa shape index (κ2) is 3.99. The normalized spacial score (nSPS) is 22.2. The first-order chi connectivity index (χ1) is 5.77. The van der Waals surface area contributed by atoms with E-state index in [0.29, 0.717) is 12.4 Å². The maximum atomic E-state index is 11.0. The van der Waals surface area contributed by atoms with Crippen molar-refractivity contribution in [2.75, 3.05) is 14.2 Å². The molecular weight excluding hydrogens is 160 g/mol. The van der Waals surface area contributed by atoms with Gasteiger partial charge in [0.05, 0.1) is 14.2 Å². The molecule has 1 rings (SSSR count). The second-order valence-electron chi connectivity index (χ2n) is 2.43. The molecule has 0 saturated carbocycles. The lowest BCUT2D eigenvalue weighted by Crippen LogP contribution is -2.27. The maximum absolute atomic E-state index is 11.0. The molecule has 0 unspecified atom stereocenters. The Morgan fingerprint density at radius 1 is 1.67 bits per heavy atom. The van der Waals surface area contributed by atoms with Gasteiger partial charge in [-0.3, -0.25) is 0 Å². The van der Waals surface area contributed by atoms with Gasteiger partial charge in [0, 0.05) is 0 Å². The van der Waals surface area contributed by atoms with Crippen molar-refractivity contribution in [2.45, 2.75) is 18.9 Å². The quantitative estimate of drug-likeness (QED) is 0.578. The maximum Gasteiger partial charge on any atom is 0.347 e. The predicted molar refractivity (Wildman–Crippen MR) is 41.2 cm³/mol. The molecule has 0 N–H and O–H groups in total. The summed E-state index contributed by atoms with van der Waals surface area (Å²) in [6.45, 7) is 0. The SMILES string of the molecule is COC(=O)[C@@H]1CCC=C(OC)O1. The highest BCUT2D eigenvalue weighted by Crippen LogP contribution is 2.17. The van der Waals surface area contributed by atoms with Gasteiger partial charge >= 0.3 is 5.97 Å². The summed E-state index contributed by atoms with van der Waals surface area (Å²) < 4.78 is 14.5. The first-order valence-electron chi connectivity index (χ1n) is 3.76. The van der Waals surface area contributed by atoms with E-state index in [1.165, 1.54) is 14.2 Å². The zero-order valence-electron chi connectivity index (χ0n) is 7.20. The molecule has 0 spiro atoms. The van der Waals surface area contributed by atoms with Crippen LogP contribution in [0.5, 0.6) is 0 Å². The lowest BCUT2D eigenvalue weighted by Gasteiger charge is -2.20. The van der Waals surface area contributed by atoms with E-state index in [1.807, 2.05) is 0 Å². The first-order valence-corrected chi connectivity index (χ1v) is 3.76. The lowest BCUT2D eigenvalue weighted by atomic mass is 10.1. The number of rotatable bonds is 2. The van der Waals surface area contributed by atoms with E-state index in [9.17, 15) is 4.79 Å². The third kappa shape index (κ3) is 1.90. The Kier molecular flexibility index (Phi) is 2.96. The molecule has 0 aromatic heterocycles. The highest BCUT2D eigenvalue weighted by molar-refractivity contribution is 5.74. The van der Waals surface area contributed by atoms with E-state index in [2.05, 4.69) is 4.74 Å². The van der Waals surface area contributed by atoms with E-state index in [-0.39, 0.29) is 5.97 Å². The fourth-order valence-electron chi connectivity index (χ4n) is 1.03. The van der Waals surface area contributed by atoms with Crippen LogP contribution in [0.25, 0.3) is 0 Å². The molecule has 0 aliphatic carbocycles. The summed E-state index contributed by atoms with van der Waals surface area (Å²) in [5.41, 5.74) is 0. The number of hydrogen-bond acceptors (Lipinski definition) is 4. The first kappa shape index (κ1) is 8.90. The summed E-state index contributed by atoms with van der Waals surface area (Å²) in [7, 11) is 2.85. The number of esters is 1. The van der Waals surface area contributed by atoms with Crippen LogP contribution in [0.4, 0.5) is 0 Å². The summed E-state index contributed by atoms with van der Waals surface area (Å²) in [4.78, 5) is 11.0. The van der Waals surface area contributed by atoms with E-state index < -0.39 is 6.10 Å². The van der Waals surface area contributed by atoms with Crippen LogP contribution in [0, 0.1) is 0 Å². The van der Waals surface area contributed by atoms with Crippen LogP contribution >= 0.6 is 0 Å². The number of hydrogen-bond donors (Lipinski definition) is 0. The third-order valence-electron chi connectivity index (χ3n) is 1.66. The fourth-order valence-corrected chi connectivity index (χ4v) is 1.03. The summed E-state index contributed by atoms with van der Waals surface area (Å²) in [6.07, 6.45) is 2.73. The van der Waals surface area contributed by atoms with Crippen LogP contribution in [-0.4, -0.2) is 26.3 Å². The average molecular weight is 172 g/mol. The molecule has 4 heteroatoms. The van der Waals surface area contributed by atoms with Crippen LogP contribution in [-0.2, 0) is 19.0 Å². The predicted octanol–water partition coefficient (Wildman–Crippen LogP) is 0.826. The van der Waals surface area contributed by atoms with Gasteiger partial charge in [0.2, 0.25) is 0 Å². The smallest absolute Gasteiger partial charge is 0.347 e. The standard InChI is InChI=1S/C8H12O4/c1-10-7-5-3-4-6(12-7)8(9)11-2/h5-6H,3-4H2,1-2H3/t6-/m0/s1. The Labute approximate surface area is 71.1 Å². The van der Waals surface area contributed by atoms with E-state index in [4.69, 9.17) is 9.47 Å². The van der Waals surface area contributed by atoms with Crippen LogP contribution < -0.4 is 0 Å². The molecule has 68 valence electrons. The van der Waals surface area contributed by atoms with Crippen molar-refractivity contribution >= 4 is 5.97 Å². The van der Waals surface area contributed by atoms with Crippen LogP contribution in [0.2, 0.25) is 0 Å². The number of carbonyl (C=O) groups is 1. The fraction of sp³-hybridized carbons (Fsp3) is 0.625. The Bertz CT molecular complexity index is 197. The van der Waals surface area contributed by atoms with Gasteiger partial charge in [0.1, 0.15) is 0 Å². The molecular formula is C8H12O4. The van der Waals surface area contributed by atoms with E-state index >= 15 is 0 Å². The van der Waals surface area contributed by atoms with Gasteiger partial charge in [-0.2, -0.15) is 0 Å². The molecule has 0 saturated heterocycles. The summed E-state index contributed by atoms with van der Waals surface area (Å²) >= 11 is 0. The molecule has 4 nitrogen and oxygen atoms in total. The van der Waals surface area contributed by atoms with Crippen LogP contribution in [0.3, 0.4) is 0 Å². The van der Waals surface area contributed by atoms with Gasteiger partial charge in [-0.25, -0.2) is 4.79 Å². The molecule has 1 atom stereocenters. The largest absolute Gasteiger partial charge is 0.469 e. The zero-order chi connectivity index (χ0) is 8.97. The molecule has 0 amide bonds. The lowest BCUT2D eigenvalue weighted by molar-refractivity contribution is -0.156. The van der Waals surface area contributed by atoms with Gasteiger partial charge in [0.15, 0.2) is 6.10 Å². The summed E-state index contributed by atoms with van der Waals surface area (Å²) in [6, 6.07) is 0. The number of carbonyl (C=O) groups excluding carboxylic acids is 1. The molecule has 1 aliphatic rings. The number of ether oxygens (including phenoxy) is 3. The molecule has 0 radical (unpaired) electrons. The summed E-state index contributed by atoms with van der Waals surface area (Å²) in [5.74, 6) is 0.0503. The van der Waals surface area contributed by atoms with Crippen molar-refractivity contribution in [1.29, 1.82) is 0 Å². The van der Waals surface area contributed by atoms with E-state index in [0.717, 1.165) is 6.42 Å².